The maximum atomic E-state index is 2.58. The van der Waals surface area contributed by atoms with E-state index in [9.17, 15) is 0 Å². The first-order valence-electron chi connectivity index (χ1n) is 24.0. The van der Waals surface area contributed by atoms with Gasteiger partial charge < -0.3 is 0 Å². The molecule has 0 radical (unpaired) electrons. The van der Waals surface area contributed by atoms with Gasteiger partial charge in [-0.05, 0) is 160 Å². The summed E-state index contributed by atoms with van der Waals surface area (Å²) >= 11 is 0. The molecule has 0 saturated carbocycles. The van der Waals surface area contributed by atoms with E-state index in [-0.39, 0.29) is 16.2 Å². The van der Waals surface area contributed by atoms with Crippen LogP contribution < -0.4 is 0 Å². The largest absolute Gasteiger partial charge is 0.0616 e. The summed E-state index contributed by atoms with van der Waals surface area (Å²) in [6, 6.07) is 78.0. The lowest BCUT2D eigenvalue weighted by Crippen LogP contribution is -2.50. The maximum Gasteiger partial charge on any atom is 0.0324 e. The zero-order valence-corrected chi connectivity index (χ0v) is 39.1. The fourth-order valence-corrected chi connectivity index (χ4v) is 13.6. The molecule has 0 aromatic heterocycles. The van der Waals surface area contributed by atoms with E-state index in [1.54, 1.807) is 0 Å². The third-order valence-electron chi connectivity index (χ3n) is 15.7. The molecule has 0 atom stereocenters. The van der Waals surface area contributed by atoms with E-state index in [4.69, 9.17) is 0 Å². The van der Waals surface area contributed by atoms with Crippen LogP contribution in [0.25, 0.3) is 120 Å². The van der Waals surface area contributed by atoms with Gasteiger partial charge in [-0.15, -0.1) is 0 Å². The second-order valence-corrected chi connectivity index (χ2v) is 21.1. The van der Waals surface area contributed by atoms with Crippen molar-refractivity contribution in [2.45, 2.75) is 47.0 Å². The minimum atomic E-state index is -0.315. The number of rotatable bonds is 3. The Kier molecular flexibility index (Phi) is 8.45. The SMILES string of the molecule is CC(C)(C)C1(C(C)(C)C)c2c(cc(-c3cccc(-c4c5ccccc5c(-c5cc6ccccc6c6ccccc56)c5ccccc45)c3)c3ccccc23)-c2c1c1ccccc1c1ccccc21. The van der Waals surface area contributed by atoms with Crippen LogP contribution in [0.5, 0.6) is 0 Å². The molecule has 0 amide bonds. The summed E-state index contributed by atoms with van der Waals surface area (Å²) < 4.78 is 0. The Morgan fingerprint density at radius 3 is 1.19 bits per heavy atom. The number of fused-ring (bicyclic) bond motifs is 15. The second-order valence-electron chi connectivity index (χ2n) is 21.1. The average molecular weight is 857 g/mol. The van der Waals surface area contributed by atoms with Crippen molar-refractivity contribution in [1.82, 2.24) is 0 Å². The van der Waals surface area contributed by atoms with Crippen molar-refractivity contribution in [1.29, 1.82) is 0 Å². The van der Waals surface area contributed by atoms with Crippen molar-refractivity contribution < 1.29 is 0 Å². The zero-order valence-electron chi connectivity index (χ0n) is 39.1. The van der Waals surface area contributed by atoms with Crippen molar-refractivity contribution in [2.75, 3.05) is 0 Å². The molecule has 0 fully saturated rings. The van der Waals surface area contributed by atoms with Gasteiger partial charge in [-0.1, -0.05) is 230 Å². The summed E-state index contributed by atoms with van der Waals surface area (Å²) in [6.07, 6.45) is 0. The van der Waals surface area contributed by atoms with E-state index >= 15 is 0 Å². The smallest absolute Gasteiger partial charge is 0.0324 e. The lowest BCUT2D eigenvalue weighted by molar-refractivity contribution is 0.0977. The quantitative estimate of drug-likeness (QED) is 0.123. The number of hydrogen-bond donors (Lipinski definition) is 0. The van der Waals surface area contributed by atoms with Crippen LogP contribution in [0.4, 0.5) is 0 Å². The first-order valence-corrected chi connectivity index (χ1v) is 24.0. The van der Waals surface area contributed by atoms with Crippen LogP contribution in [0.15, 0.2) is 206 Å². The molecule has 12 aromatic rings. The van der Waals surface area contributed by atoms with Crippen LogP contribution in [-0.2, 0) is 5.41 Å². The van der Waals surface area contributed by atoms with Crippen LogP contribution in [0.3, 0.4) is 0 Å². The van der Waals surface area contributed by atoms with Gasteiger partial charge in [0.05, 0.1) is 0 Å². The highest BCUT2D eigenvalue weighted by Crippen LogP contribution is 2.69. The average Bonchev–Trinajstić information content (AvgIpc) is 3.69. The molecule has 67 heavy (non-hydrogen) atoms. The third-order valence-corrected chi connectivity index (χ3v) is 15.7. The molecule has 0 saturated heterocycles. The molecule has 0 heterocycles. The van der Waals surface area contributed by atoms with E-state index in [1.807, 2.05) is 0 Å². The summed E-state index contributed by atoms with van der Waals surface area (Å²) in [7, 11) is 0. The van der Waals surface area contributed by atoms with Gasteiger partial charge in [0, 0.05) is 5.41 Å². The van der Waals surface area contributed by atoms with E-state index in [2.05, 4.69) is 248 Å². The van der Waals surface area contributed by atoms with Gasteiger partial charge in [-0.25, -0.2) is 0 Å². The van der Waals surface area contributed by atoms with Crippen molar-refractivity contribution in [3.63, 3.8) is 0 Å². The highest BCUT2D eigenvalue weighted by molar-refractivity contribution is 6.26. The van der Waals surface area contributed by atoms with Gasteiger partial charge in [-0.2, -0.15) is 0 Å². The molecular weight excluding hydrogens is 805 g/mol. The molecule has 0 unspecified atom stereocenters. The summed E-state index contributed by atoms with van der Waals surface area (Å²) in [5, 5.41) is 18.1. The molecule has 0 aliphatic heterocycles. The fraction of sp³-hybridized carbons (Fsp3) is 0.134. The minimum absolute atomic E-state index is 0.131. The Hall–Kier alpha value is -7.54. The predicted molar refractivity (Wildman–Crippen MR) is 290 cm³/mol. The van der Waals surface area contributed by atoms with Gasteiger partial charge in [0.25, 0.3) is 0 Å². The molecule has 1 aliphatic carbocycles. The van der Waals surface area contributed by atoms with Gasteiger partial charge in [0.1, 0.15) is 0 Å². The summed E-state index contributed by atoms with van der Waals surface area (Å²) in [5.74, 6) is 0. The van der Waals surface area contributed by atoms with Gasteiger partial charge in [-0.3, -0.25) is 0 Å². The van der Waals surface area contributed by atoms with Crippen molar-refractivity contribution in [3.05, 3.63) is 217 Å². The Morgan fingerprint density at radius 2 is 0.642 bits per heavy atom. The standard InChI is InChI=1S/C67H52/c1-65(2,3)67(66(4,5)6)63-55-36-19-13-30-49(55)57(40-59(63)62-50-31-14-11-27-46(50)47-28-12-20-37-56(47)64(62)67)41-23-21-24-43(38-41)60-51-32-15-17-34-53(51)61(54-35-18-16-33-52(54)60)58-39-42-22-7-8-25-44(42)45-26-9-10-29-48(45)58/h7-40H,1-6H3. The first kappa shape index (κ1) is 39.8. The minimum Gasteiger partial charge on any atom is -0.0616 e. The number of hydrogen-bond acceptors (Lipinski definition) is 0. The molecular formula is C67H52. The highest BCUT2D eigenvalue weighted by Gasteiger charge is 2.59. The molecule has 0 spiro atoms. The van der Waals surface area contributed by atoms with Crippen LogP contribution in [0.2, 0.25) is 0 Å². The van der Waals surface area contributed by atoms with Crippen LogP contribution in [-0.4, -0.2) is 0 Å². The normalized spacial score (nSPS) is 13.6. The van der Waals surface area contributed by atoms with Gasteiger partial charge in [0.15, 0.2) is 0 Å². The predicted octanol–water partition coefficient (Wildman–Crippen LogP) is 19.1. The first-order chi connectivity index (χ1) is 32.6. The van der Waals surface area contributed by atoms with Gasteiger partial charge >= 0.3 is 0 Å². The number of benzene rings is 12. The molecule has 0 bridgehead atoms. The maximum absolute atomic E-state index is 2.58. The molecule has 0 N–H and O–H groups in total. The van der Waals surface area contributed by atoms with Crippen molar-refractivity contribution in [3.8, 4) is 44.5 Å². The Labute approximate surface area is 393 Å². The van der Waals surface area contributed by atoms with Crippen molar-refractivity contribution >= 4 is 75.4 Å². The fourth-order valence-electron chi connectivity index (χ4n) is 13.6. The van der Waals surface area contributed by atoms with Crippen LogP contribution in [0.1, 0.15) is 52.7 Å². The molecule has 0 heteroatoms. The summed E-state index contributed by atoms with van der Waals surface area (Å²) in [6.45, 7) is 14.9. The van der Waals surface area contributed by atoms with E-state index < -0.39 is 0 Å². The Balaban J connectivity index is 1.11. The van der Waals surface area contributed by atoms with Crippen LogP contribution >= 0.6 is 0 Å². The van der Waals surface area contributed by atoms with E-state index in [0.29, 0.717) is 0 Å². The topological polar surface area (TPSA) is 0 Å². The van der Waals surface area contributed by atoms with E-state index in [1.165, 1.54) is 131 Å². The molecule has 1 aliphatic rings. The lowest BCUT2D eigenvalue weighted by atomic mass is 9.49. The summed E-state index contributed by atoms with van der Waals surface area (Å²) in [5.41, 5.74) is 12.7. The third kappa shape index (κ3) is 5.42. The highest BCUT2D eigenvalue weighted by atomic mass is 14.6. The van der Waals surface area contributed by atoms with Gasteiger partial charge in [0.2, 0.25) is 0 Å². The second kappa shape index (κ2) is 14.2. The molecule has 0 nitrogen and oxygen atoms in total. The zero-order chi connectivity index (χ0) is 45.4. The van der Waals surface area contributed by atoms with E-state index in [0.717, 1.165) is 0 Å². The Morgan fingerprint density at radius 1 is 0.254 bits per heavy atom. The summed E-state index contributed by atoms with van der Waals surface area (Å²) in [4.78, 5) is 0. The lowest BCUT2D eigenvalue weighted by Gasteiger charge is -2.54. The van der Waals surface area contributed by atoms with Crippen molar-refractivity contribution in [2.24, 2.45) is 10.8 Å². The molecule has 13 rings (SSSR count). The molecule has 320 valence electrons. The monoisotopic (exact) mass is 856 g/mol. The van der Waals surface area contributed by atoms with Crippen LogP contribution in [0, 0.1) is 10.8 Å². The molecule has 12 aromatic carbocycles. The Bertz CT molecular complexity index is 3980.